The molecule has 38 heavy (non-hydrogen) atoms. The lowest BCUT2D eigenvalue weighted by molar-refractivity contribution is -0.138. The number of esters is 2. The summed E-state index contributed by atoms with van der Waals surface area (Å²) in [7, 11) is 3.11. The van der Waals surface area contributed by atoms with Crippen molar-refractivity contribution in [2.75, 3.05) is 27.4 Å². The van der Waals surface area contributed by atoms with E-state index in [2.05, 4.69) is 0 Å². The van der Waals surface area contributed by atoms with E-state index >= 15 is 0 Å². The van der Waals surface area contributed by atoms with Crippen LogP contribution in [0.5, 0.6) is 11.5 Å². The highest BCUT2D eigenvalue weighted by molar-refractivity contribution is 7.07. The van der Waals surface area contributed by atoms with E-state index in [-0.39, 0.29) is 30.2 Å². The average Bonchev–Trinajstić information content (AvgIpc) is 3.24. The second kappa shape index (κ2) is 11.4. The van der Waals surface area contributed by atoms with Crippen molar-refractivity contribution < 1.29 is 28.5 Å². The molecule has 0 spiro atoms. The van der Waals surface area contributed by atoms with Crippen LogP contribution in [0.25, 0.3) is 17.5 Å². The molecule has 3 aromatic rings. The number of carbonyl (C=O) groups is 2. The van der Waals surface area contributed by atoms with Gasteiger partial charge >= 0.3 is 11.9 Å². The third kappa shape index (κ3) is 4.95. The molecular weight excluding hydrogens is 508 g/mol. The number of fused-ring (bicyclic) bond motifs is 1. The number of benzene rings is 2. The van der Waals surface area contributed by atoms with E-state index in [0.29, 0.717) is 26.3 Å². The van der Waals surface area contributed by atoms with Crippen molar-refractivity contribution in [1.82, 2.24) is 4.57 Å². The topological polar surface area (TPSA) is 119 Å². The van der Waals surface area contributed by atoms with E-state index in [9.17, 15) is 14.4 Å². The number of aromatic nitrogens is 1. The molecule has 1 unspecified atom stereocenters. The first-order valence-electron chi connectivity index (χ1n) is 11.9. The molecule has 0 fully saturated rings. The van der Waals surface area contributed by atoms with Crippen molar-refractivity contribution in [2.45, 2.75) is 19.8 Å². The zero-order chi connectivity index (χ0) is 27.4. The SMILES string of the molecule is CCOC(=O)C1=C(N)n2c(s/c(=C/c3ccc(OC)cc3)c2=O)=C(C(=O)OCC)C1c1ccc(OC)cc1. The fourth-order valence-electron chi connectivity index (χ4n) is 4.24. The zero-order valence-corrected chi connectivity index (χ0v) is 22.3. The molecule has 0 saturated carbocycles. The minimum absolute atomic E-state index is 0.0107. The molecule has 1 aliphatic rings. The van der Waals surface area contributed by atoms with E-state index in [4.69, 9.17) is 24.7 Å². The molecule has 198 valence electrons. The third-order valence-corrected chi connectivity index (χ3v) is 7.11. The fourth-order valence-corrected chi connectivity index (χ4v) is 5.41. The molecule has 0 bridgehead atoms. The summed E-state index contributed by atoms with van der Waals surface area (Å²) in [6.45, 7) is 3.54. The standard InChI is InChI=1S/C28H28N2O7S/c1-5-36-27(32)22-21(17-9-13-19(35-4)14-10-17)23(28(33)37-6-2)26-30(24(22)29)25(31)20(38-26)15-16-7-11-18(34-3)12-8-16/h7-15,21H,5-6,29H2,1-4H3/b20-15+. The zero-order valence-electron chi connectivity index (χ0n) is 21.5. The van der Waals surface area contributed by atoms with Crippen LogP contribution in [-0.4, -0.2) is 43.9 Å². The first-order chi connectivity index (χ1) is 18.3. The Morgan fingerprint density at radius 3 is 1.95 bits per heavy atom. The van der Waals surface area contributed by atoms with Crippen LogP contribution in [0, 0.1) is 0 Å². The minimum atomic E-state index is -0.925. The van der Waals surface area contributed by atoms with Crippen LogP contribution in [-0.2, 0) is 19.1 Å². The normalized spacial score (nSPS) is 15.2. The Balaban J connectivity index is 2.06. The Bertz CT molecular complexity index is 1570. The van der Waals surface area contributed by atoms with Gasteiger partial charge in [0.05, 0.1) is 49.0 Å². The molecule has 1 aromatic heterocycles. The molecule has 4 rings (SSSR count). The summed E-state index contributed by atoms with van der Waals surface area (Å²) < 4.78 is 23.0. The van der Waals surface area contributed by atoms with Crippen molar-refractivity contribution in [3.8, 4) is 11.5 Å². The van der Waals surface area contributed by atoms with Crippen LogP contribution in [0.4, 0.5) is 0 Å². The number of ether oxygens (including phenoxy) is 4. The average molecular weight is 537 g/mol. The molecule has 9 nitrogen and oxygen atoms in total. The molecule has 2 heterocycles. The van der Waals surface area contributed by atoms with Gasteiger partial charge in [-0.2, -0.15) is 0 Å². The third-order valence-electron chi connectivity index (χ3n) is 6.00. The van der Waals surface area contributed by atoms with Crippen molar-refractivity contribution in [2.24, 2.45) is 5.73 Å². The van der Waals surface area contributed by atoms with Crippen LogP contribution in [0.15, 0.2) is 58.9 Å². The molecular formula is C28H28N2O7S. The lowest BCUT2D eigenvalue weighted by atomic mass is 9.83. The molecule has 2 N–H and O–H groups in total. The lowest BCUT2D eigenvalue weighted by Crippen LogP contribution is -2.42. The lowest BCUT2D eigenvalue weighted by Gasteiger charge is -2.27. The predicted octanol–water partition coefficient (Wildman–Crippen LogP) is 1.96. The van der Waals surface area contributed by atoms with Gasteiger partial charge in [0.2, 0.25) is 0 Å². The maximum absolute atomic E-state index is 13.6. The smallest absolute Gasteiger partial charge is 0.338 e. The number of thiazole rings is 1. The number of nitrogens with two attached hydrogens (primary N) is 1. The number of hydrogen-bond acceptors (Lipinski definition) is 9. The Labute approximate surface area is 223 Å². The van der Waals surface area contributed by atoms with Gasteiger partial charge < -0.3 is 24.7 Å². The Morgan fingerprint density at radius 1 is 0.895 bits per heavy atom. The van der Waals surface area contributed by atoms with Crippen molar-refractivity contribution in [3.05, 3.63) is 84.8 Å². The second-order valence-corrected chi connectivity index (χ2v) is 9.22. The largest absolute Gasteiger partial charge is 0.497 e. The van der Waals surface area contributed by atoms with E-state index in [0.717, 1.165) is 16.9 Å². The van der Waals surface area contributed by atoms with Crippen molar-refractivity contribution in [3.63, 3.8) is 0 Å². The molecule has 0 aliphatic carbocycles. The van der Waals surface area contributed by atoms with E-state index in [1.807, 2.05) is 0 Å². The number of carbonyl (C=O) groups excluding carboxylic acids is 2. The fraction of sp³-hybridized carbons (Fsp3) is 0.250. The van der Waals surface area contributed by atoms with Gasteiger partial charge in [-0.1, -0.05) is 24.3 Å². The van der Waals surface area contributed by atoms with Crippen LogP contribution >= 0.6 is 11.3 Å². The molecule has 0 amide bonds. The molecule has 10 heteroatoms. The van der Waals surface area contributed by atoms with E-state index in [1.165, 1.54) is 4.57 Å². The summed E-state index contributed by atoms with van der Waals surface area (Å²) in [6, 6.07) is 14.1. The monoisotopic (exact) mass is 536 g/mol. The molecule has 1 atom stereocenters. The summed E-state index contributed by atoms with van der Waals surface area (Å²) in [5, 5.41) is 0. The van der Waals surface area contributed by atoms with E-state index < -0.39 is 23.4 Å². The van der Waals surface area contributed by atoms with Crippen LogP contribution < -0.4 is 30.0 Å². The number of nitrogens with zero attached hydrogens (tertiary/aromatic N) is 1. The predicted molar refractivity (Wildman–Crippen MR) is 144 cm³/mol. The van der Waals surface area contributed by atoms with Crippen LogP contribution in [0.3, 0.4) is 0 Å². The highest BCUT2D eigenvalue weighted by atomic mass is 32.1. The van der Waals surface area contributed by atoms with Crippen molar-refractivity contribution >= 4 is 40.7 Å². The highest BCUT2D eigenvalue weighted by Crippen LogP contribution is 2.38. The second-order valence-electron chi connectivity index (χ2n) is 8.19. The summed E-state index contributed by atoms with van der Waals surface area (Å²) in [4.78, 5) is 40.3. The maximum atomic E-state index is 13.6. The number of hydrogen-bond donors (Lipinski definition) is 1. The van der Waals surface area contributed by atoms with Crippen LogP contribution in [0.2, 0.25) is 0 Å². The molecule has 0 saturated heterocycles. The van der Waals surface area contributed by atoms with Crippen molar-refractivity contribution in [1.29, 1.82) is 0 Å². The highest BCUT2D eigenvalue weighted by Gasteiger charge is 2.39. The Hall–Kier alpha value is -4.31. The quantitative estimate of drug-likeness (QED) is 0.434. The minimum Gasteiger partial charge on any atom is -0.497 e. The molecule has 1 aliphatic heterocycles. The van der Waals surface area contributed by atoms with Gasteiger partial charge in [-0.25, -0.2) is 9.59 Å². The Morgan fingerprint density at radius 2 is 1.42 bits per heavy atom. The first-order valence-corrected chi connectivity index (χ1v) is 12.8. The molecule has 2 aromatic carbocycles. The van der Waals surface area contributed by atoms with Gasteiger partial charge in [0, 0.05) is 0 Å². The summed E-state index contributed by atoms with van der Waals surface area (Å²) in [6.07, 6.45) is 1.69. The van der Waals surface area contributed by atoms with Gasteiger partial charge in [-0.3, -0.25) is 9.36 Å². The maximum Gasteiger partial charge on any atom is 0.338 e. The van der Waals surface area contributed by atoms with E-state index in [1.54, 1.807) is 82.7 Å². The van der Waals surface area contributed by atoms with Gasteiger partial charge in [-0.05, 0) is 55.3 Å². The number of methoxy groups -OCH3 is 2. The summed E-state index contributed by atoms with van der Waals surface area (Å²) >= 11 is 1.10. The molecule has 0 radical (unpaired) electrons. The van der Waals surface area contributed by atoms with Gasteiger partial charge in [0.25, 0.3) is 5.56 Å². The first kappa shape index (κ1) is 26.7. The van der Waals surface area contributed by atoms with Crippen LogP contribution in [0.1, 0.15) is 30.9 Å². The number of rotatable bonds is 8. The Kier molecular flexibility index (Phi) is 8.02. The van der Waals surface area contributed by atoms with Gasteiger partial charge in [0.15, 0.2) is 0 Å². The van der Waals surface area contributed by atoms with Gasteiger partial charge in [0.1, 0.15) is 22.0 Å². The van der Waals surface area contributed by atoms with Gasteiger partial charge in [-0.15, -0.1) is 11.3 Å². The summed E-state index contributed by atoms with van der Waals surface area (Å²) in [5.74, 6) is -1.13. The summed E-state index contributed by atoms with van der Waals surface area (Å²) in [5.41, 5.74) is 7.51.